The van der Waals surface area contributed by atoms with Crippen LogP contribution >= 0.6 is 0 Å². The van der Waals surface area contributed by atoms with Crippen molar-refractivity contribution >= 4 is 16.9 Å². The molecule has 0 aliphatic carbocycles. The van der Waals surface area contributed by atoms with E-state index >= 15 is 0 Å². The van der Waals surface area contributed by atoms with Gasteiger partial charge in [0.15, 0.2) is 5.96 Å². The number of pyridine rings is 1. The van der Waals surface area contributed by atoms with Crippen molar-refractivity contribution in [3.8, 4) is 0 Å². The molecule has 6 heteroatoms. The van der Waals surface area contributed by atoms with E-state index in [-0.39, 0.29) is 0 Å². The second-order valence-corrected chi connectivity index (χ2v) is 6.83. The summed E-state index contributed by atoms with van der Waals surface area (Å²) in [6.45, 7) is 4.90. The number of rotatable bonds is 8. The van der Waals surface area contributed by atoms with Gasteiger partial charge in [-0.05, 0) is 36.8 Å². The topological polar surface area (TPSA) is 67.8 Å². The van der Waals surface area contributed by atoms with Gasteiger partial charge in [-0.1, -0.05) is 24.3 Å². The Bertz CT molecular complexity index is 724. The van der Waals surface area contributed by atoms with E-state index in [1.54, 1.807) is 7.05 Å². The van der Waals surface area contributed by atoms with E-state index in [0.29, 0.717) is 12.5 Å². The summed E-state index contributed by atoms with van der Waals surface area (Å²) in [6, 6.07) is 10.3. The van der Waals surface area contributed by atoms with Gasteiger partial charge in [-0.2, -0.15) is 0 Å². The average molecular weight is 370 g/mol. The minimum Gasteiger partial charge on any atom is -0.381 e. The lowest BCUT2D eigenvalue weighted by Gasteiger charge is -2.21. The number of nitrogens with one attached hydrogen (secondary N) is 2. The third kappa shape index (κ3) is 6.19. The Kier molecular flexibility index (Phi) is 7.86. The van der Waals surface area contributed by atoms with E-state index < -0.39 is 0 Å². The molecule has 0 unspecified atom stereocenters. The quantitative estimate of drug-likeness (QED) is 0.425. The molecule has 1 saturated heterocycles. The molecule has 1 aromatic carbocycles. The lowest BCUT2D eigenvalue weighted by molar-refractivity contribution is 0.0203. The maximum absolute atomic E-state index is 5.80. The van der Waals surface area contributed by atoms with Gasteiger partial charge in [-0.15, -0.1) is 0 Å². The summed E-state index contributed by atoms with van der Waals surface area (Å²) in [7, 11) is 1.79. The van der Waals surface area contributed by atoms with Crippen molar-refractivity contribution in [3.05, 3.63) is 42.1 Å². The second kappa shape index (κ2) is 10.8. The third-order valence-corrected chi connectivity index (χ3v) is 4.84. The Morgan fingerprint density at radius 2 is 2.07 bits per heavy atom. The molecule has 3 rings (SSSR count). The summed E-state index contributed by atoms with van der Waals surface area (Å²) in [5.74, 6) is 1.46. The van der Waals surface area contributed by atoms with Crippen molar-refractivity contribution in [1.29, 1.82) is 0 Å². The Labute approximate surface area is 161 Å². The van der Waals surface area contributed by atoms with Gasteiger partial charge in [0.05, 0.1) is 5.52 Å². The minimum atomic E-state index is 0.662. The minimum absolute atomic E-state index is 0.662. The molecule has 1 aliphatic rings. The first-order valence-corrected chi connectivity index (χ1v) is 9.79. The van der Waals surface area contributed by atoms with Gasteiger partial charge in [0.1, 0.15) is 0 Å². The number of hydrogen-bond acceptors (Lipinski definition) is 4. The van der Waals surface area contributed by atoms with Gasteiger partial charge in [-0.3, -0.25) is 9.98 Å². The Balaban J connectivity index is 1.34. The molecule has 27 heavy (non-hydrogen) atoms. The third-order valence-electron chi connectivity index (χ3n) is 4.84. The molecule has 0 radical (unpaired) electrons. The fraction of sp³-hybridized carbons (Fsp3) is 0.524. The van der Waals surface area contributed by atoms with E-state index in [1.165, 1.54) is 0 Å². The number of hydrogen-bond donors (Lipinski definition) is 2. The molecule has 0 amide bonds. The first-order valence-electron chi connectivity index (χ1n) is 9.79. The summed E-state index contributed by atoms with van der Waals surface area (Å²) < 4.78 is 11.2. The molecule has 0 atom stereocenters. The molecule has 2 N–H and O–H groups in total. The summed E-state index contributed by atoms with van der Waals surface area (Å²) in [6.07, 6.45) is 5.04. The lowest BCUT2D eigenvalue weighted by Crippen LogP contribution is -2.37. The largest absolute Gasteiger partial charge is 0.381 e. The van der Waals surface area contributed by atoms with Crippen LogP contribution in [0.25, 0.3) is 10.9 Å². The van der Waals surface area contributed by atoms with Crippen molar-refractivity contribution in [2.45, 2.75) is 25.8 Å². The standard InChI is InChI=1S/C21H30N4O2/c1-22-21(24-11-4-12-27-16-17-8-13-26-14-9-17)25-15-19-6-2-5-18-7-3-10-23-20(18)19/h2-3,5-7,10,17H,4,8-9,11-16H2,1H3,(H2,22,24,25). The van der Waals surface area contributed by atoms with Crippen LogP contribution in [0.2, 0.25) is 0 Å². The Morgan fingerprint density at radius 3 is 2.93 bits per heavy atom. The van der Waals surface area contributed by atoms with E-state index in [4.69, 9.17) is 9.47 Å². The number of para-hydroxylation sites is 1. The Hall–Kier alpha value is -2.18. The molecule has 2 heterocycles. The molecule has 1 fully saturated rings. The fourth-order valence-electron chi connectivity index (χ4n) is 3.25. The predicted octanol–water partition coefficient (Wildman–Crippen LogP) is 2.73. The van der Waals surface area contributed by atoms with Gasteiger partial charge < -0.3 is 20.1 Å². The molecule has 0 spiro atoms. The number of nitrogens with zero attached hydrogens (tertiary/aromatic N) is 2. The van der Waals surface area contributed by atoms with Gasteiger partial charge >= 0.3 is 0 Å². The molecular formula is C21H30N4O2. The van der Waals surface area contributed by atoms with Crippen LogP contribution in [0, 0.1) is 5.92 Å². The maximum Gasteiger partial charge on any atom is 0.191 e. The highest BCUT2D eigenvalue weighted by Gasteiger charge is 2.13. The molecular weight excluding hydrogens is 340 g/mol. The van der Waals surface area contributed by atoms with Crippen molar-refractivity contribution in [1.82, 2.24) is 15.6 Å². The van der Waals surface area contributed by atoms with E-state index in [2.05, 4.69) is 44.9 Å². The van der Waals surface area contributed by atoms with E-state index in [1.807, 2.05) is 12.3 Å². The van der Waals surface area contributed by atoms with Gasteiger partial charge in [-0.25, -0.2) is 0 Å². The monoisotopic (exact) mass is 370 g/mol. The Morgan fingerprint density at radius 1 is 1.22 bits per heavy atom. The van der Waals surface area contributed by atoms with Crippen molar-refractivity contribution in [2.75, 3.05) is 40.0 Å². The van der Waals surface area contributed by atoms with Crippen LogP contribution in [-0.2, 0) is 16.0 Å². The number of fused-ring (bicyclic) bond motifs is 1. The summed E-state index contributed by atoms with van der Waals surface area (Å²) in [5, 5.41) is 7.86. The molecule has 2 aromatic rings. The van der Waals surface area contributed by atoms with Crippen LogP contribution in [0.15, 0.2) is 41.5 Å². The number of ether oxygens (including phenoxy) is 2. The summed E-state index contributed by atoms with van der Waals surface area (Å²) in [5.41, 5.74) is 2.19. The zero-order valence-corrected chi connectivity index (χ0v) is 16.1. The lowest BCUT2D eigenvalue weighted by atomic mass is 10.0. The fourth-order valence-corrected chi connectivity index (χ4v) is 3.25. The molecule has 0 bridgehead atoms. The van der Waals surface area contributed by atoms with Crippen molar-refractivity contribution < 1.29 is 9.47 Å². The number of benzene rings is 1. The first kappa shape index (κ1) is 19.6. The molecule has 146 valence electrons. The number of aliphatic imine (C=N–C) groups is 1. The summed E-state index contributed by atoms with van der Waals surface area (Å²) >= 11 is 0. The van der Waals surface area contributed by atoms with E-state index in [9.17, 15) is 0 Å². The second-order valence-electron chi connectivity index (χ2n) is 6.83. The predicted molar refractivity (Wildman–Crippen MR) is 109 cm³/mol. The van der Waals surface area contributed by atoms with Crippen LogP contribution < -0.4 is 10.6 Å². The normalized spacial score (nSPS) is 15.8. The SMILES string of the molecule is CN=C(NCCCOCC1CCOCC1)NCc1cccc2cccnc12. The number of guanidine groups is 1. The summed E-state index contributed by atoms with van der Waals surface area (Å²) in [4.78, 5) is 8.79. The van der Waals surface area contributed by atoms with Crippen LogP contribution in [0.3, 0.4) is 0 Å². The van der Waals surface area contributed by atoms with Gasteiger partial charge in [0.25, 0.3) is 0 Å². The van der Waals surface area contributed by atoms with Gasteiger partial charge in [0.2, 0.25) is 0 Å². The van der Waals surface area contributed by atoms with Crippen LogP contribution in [0.5, 0.6) is 0 Å². The number of aromatic nitrogens is 1. The smallest absolute Gasteiger partial charge is 0.191 e. The van der Waals surface area contributed by atoms with Gasteiger partial charge in [0, 0.05) is 58.1 Å². The van der Waals surface area contributed by atoms with Crippen molar-refractivity contribution in [2.24, 2.45) is 10.9 Å². The zero-order chi connectivity index (χ0) is 18.7. The molecule has 1 aromatic heterocycles. The highest BCUT2D eigenvalue weighted by atomic mass is 16.5. The first-order chi connectivity index (χ1) is 13.4. The molecule has 1 aliphatic heterocycles. The maximum atomic E-state index is 5.80. The van der Waals surface area contributed by atoms with Crippen LogP contribution in [0.4, 0.5) is 0 Å². The van der Waals surface area contributed by atoms with Crippen LogP contribution in [-0.4, -0.2) is 51.0 Å². The van der Waals surface area contributed by atoms with Crippen LogP contribution in [0.1, 0.15) is 24.8 Å². The average Bonchev–Trinajstić information content (AvgIpc) is 2.73. The highest BCUT2D eigenvalue weighted by Crippen LogP contribution is 2.16. The molecule has 0 saturated carbocycles. The zero-order valence-electron chi connectivity index (χ0n) is 16.1. The van der Waals surface area contributed by atoms with Crippen molar-refractivity contribution in [3.63, 3.8) is 0 Å². The highest BCUT2D eigenvalue weighted by molar-refractivity contribution is 5.83. The van der Waals surface area contributed by atoms with E-state index in [0.717, 1.165) is 74.7 Å². The molecule has 6 nitrogen and oxygen atoms in total.